The molecule has 2 nitrogen and oxygen atoms in total. The highest BCUT2D eigenvalue weighted by Crippen LogP contribution is 2.20. The summed E-state index contributed by atoms with van der Waals surface area (Å²) in [4.78, 5) is 5.58. The normalized spacial score (nSPS) is 17.2. The Bertz CT molecular complexity index is 240. The van der Waals surface area contributed by atoms with Gasteiger partial charge < -0.3 is 5.32 Å². The summed E-state index contributed by atoms with van der Waals surface area (Å²) in [6.07, 6.45) is 2.72. The molecule has 0 amide bonds. The number of hydrogen-bond donors (Lipinski definition) is 1. The summed E-state index contributed by atoms with van der Waals surface area (Å²) in [7, 11) is 0. The average Bonchev–Trinajstić information content (AvgIpc) is 2.73. The Kier molecular flexibility index (Phi) is 1.92. The van der Waals surface area contributed by atoms with Gasteiger partial charge in [0.1, 0.15) is 0 Å². The van der Waals surface area contributed by atoms with Gasteiger partial charge in [0, 0.05) is 17.5 Å². The van der Waals surface area contributed by atoms with Crippen LogP contribution in [0.1, 0.15) is 23.4 Å². The van der Waals surface area contributed by atoms with Gasteiger partial charge in [0.05, 0.1) is 11.2 Å². The first-order chi connectivity index (χ1) is 5.36. The van der Waals surface area contributed by atoms with Crippen molar-refractivity contribution in [3.63, 3.8) is 0 Å². The van der Waals surface area contributed by atoms with Gasteiger partial charge in [0.15, 0.2) is 0 Å². The van der Waals surface area contributed by atoms with Gasteiger partial charge in [-0.1, -0.05) is 0 Å². The molecular formula is C8H12N2S. The summed E-state index contributed by atoms with van der Waals surface area (Å²) >= 11 is 1.75. The van der Waals surface area contributed by atoms with Crippen LogP contribution in [-0.4, -0.2) is 11.0 Å². The van der Waals surface area contributed by atoms with Gasteiger partial charge in [-0.05, 0) is 19.8 Å². The standard InChI is InChI=1S/C8H12N2S/c1-6-8(11-5-10-6)4-9-7-2-3-7/h5,7,9H,2-4H2,1H3. The van der Waals surface area contributed by atoms with Crippen LogP contribution >= 0.6 is 11.3 Å². The van der Waals surface area contributed by atoms with Gasteiger partial charge in [0.25, 0.3) is 0 Å². The molecule has 2 rings (SSSR count). The second-order valence-corrected chi connectivity index (χ2v) is 3.96. The van der Waals surface area contributed by atoms with Gasteiger partial charge in [-0.3, -0.25) is 0 Å². The van der Waals surface area contributed by atoms with Crippen molar-refractivity contribution in [1.82, 2.24) is 10.3 Å². The summed E-state index contributed by atoms with van der Waals surface area (Å²) in [5.41, 5.74) is 3.10. The zero-order valence-corrected chi connectivity index (χ0v) is 7.45. The summed E-state index contributed by atoms with van der Waals surface area (Å²) in [6, 6.07) is 0.802. The van der Waals surface area contributed by atoms with Crippen molar-refractivity contribution < 1.29 is 0 Å². The third-order valence-electron chi connectivity index (χ3n) is 1.97. The fourth-order valence-electron chi connectivity index (χ4n) is 1.02. The molecule has 1 aromatic rings. The fourth-order valence-corrected chi connectivity index (χ4v) is 1.75. The molecular weight excluding hydrogens is 156 g/mol. The van der Waals surface area contributed by atoms with Crippen LogP contribution in [0.15, 0.2) is 5.51 Å². The molecule has 0 unspecified atom stereocenters. The van der Waals surface area contributed by atoms with Crippen molar-refractivity contribution in [3.05, 3.63) is 16.1 Å². The molecule has 0 spiro atoms. The van der Waals surface area contributed by atoms with Crippen molar-refractivity contribution in [2.75, 3.05) is 0 Å². The fraction of sp³-hybridized carbons (Fsp3) is 0.625. The number of aromatic nitrogens is 1. The van der Waals surface area contributed by atoms with E-state index in [0.29, 0.717) is 0 Å². The van der Waals surface area contributed by atoms with E-state index in [0.717, 1.165) is 12.6 Å². The molecule has 1 saturated carbocycles. The van der Waals surface area contributed by atoms with Crippen LogP contribution in [0, 0.1) is 6.92 Å². The molecule has 1 fully saturated rings. The van der Waals surface area contributed by atoms with Gasteiger partial charge in [-0.2, -0.15) is 0 Å². The molecule has 3 heteroatoms. The Morgan fingerprint density at radius 3 is 3.09 bits per heavy atom. The molecule has 0 bridgehead atoms. The van der Waals surface area contributed by atoms with E-state index in [9.17, 15) is 0 Å². The first-order valence-electron chi connectivity index (χ1n) is 3.98. The Morgan fingerprint density at radius 2 is 2.55 bits per heavy atom. The summed E-state index contributed by atoms with van der Waals surface area (Å²) in [5.74, 6) is 0. The molecule has 1 heterocycles. The largest absolute Gasteiger partial charge is 0.309 e. The van der Waals surface area contributed by atoms with Crippen molar-refractivity contribution in [3.8, 4) is 0 Å². The molecule has 0 aliphatic heterocycles. The first kappa shape index (κ1) is 7.25. The Labute approximate surface area is 70.7 Å². The number of nitrogens with one attached hydrogen (secondary N) is 1. The minimum atomic E-state index is 0.802. The molecule has 1 aliphatic rings. The van der Waals surface area contributed by atoms with E-state index in [1.165, 1.54) is 23.4 Å². The topological polar surface area (TPSA) is 24.9 Å². The third-order valence-corrected chi connectivity index (χ3v) is 2.91. The maximum Gasteiger partial charge on any atom is 0.0798 e. The SMILES string of the molecule is Cc1ncsc1CNC1CC1. The molecule has 1 aromatic heterocycles. The highest BCUT2D eigenvalue weighted by atomic mass is 32.1. The van der Waals surface area contributed by atoms with Gasteiger partial charge in [-0.25, -0.2) is 4.98 Å². The molecule has 60 valence electrons. The minimum Gasteiger partial charge on any atom is -0.309 e. The van der Waals surface area contributed by atoms with Gasteiger partial charge in [0.2, 0.25) is 0 Å². The highest BCUT2D eigenvalue weighted by Gasteiger charge is 2.20. The number of nitrogens with zero attached hydrogens (tertiary/aromatic N) is 1. The maximum atomic E-state index is 4.19. The lowest BCUT2D eigenvalue weighted by Crippen LogP contribution is -2.14. The van der Waals surface area contributed by atoms with Crippen LogP contribution in [0.25, 0.3) is 0 Å². The van der Waals surface area contributed by atoms with Crippen molar-refractivity contribution >= 4 is 11.3 Å². The second kappa shape index (κ2) is 2.91. The average molecular weight is 168 g/mol. The second-order valence-electron chi connectivity index (χ2n) is 3.02. The Morgan fingerprint density at radius 1 is 1.73 bits per heavy atom. The Hall–Kier alpha value is -0.410. The summed E-state index contributed by atoms with van der Waals surface area (Å²) in [5, 5.41) is 3.47. The summed E-state index contributed by atoms with van der Waals surface area (Å²) in [6.45, 7) is 3.08. The first-order valence-corrected chi connectivity index (χ1v) is 4.86. The van der Waals surface area contributed by atoms with Crippen LogP contribution in [0.4, 0.5) is 0 Å². The number of rotatable bonds is 3. The van der Waals surface area contributed by atoms with E-state index in [1.54, 1.807) is 11.3 Å². The van der Waals surface area contributed by atoms with E-state index in [1.807, 2.05) is 5.51 Å². The molecule has 0 saturated heterocycles. The molecule has 1 N–H and O–H groups in total. The van der Waals surface area contributed by atoms with Crippen molar-refractivity contribution in [1.29, 1.82) is 0 Å². The van der Waals surface area contributed by atoms with Gasteiger partial charge >= 0.3 is 0 Å². The maximum absolute atomic E-state index is 4.19. The lowest BCUT2D eigenvalue weighted by Gasteiger charge is -1.98. The number of hydrogen-bond acceptors (Lipinski definition) is 3. The van der Waals surface area contributed by atoms with E-state index in [2.05, 4.69) is 17.2 Å². The molecule has 0 atom stereocenters. The van der Waals surface area contributed by atoms with Crippen molar-refractivity contribution in [2.45, 2.75) is 32.4 Å². The van der Waals surface area contributed by atoms with E-state index < -0.39 is 0 Å². The zero-order chi connectivity index (χ0) is 7.68. The van der Waals surface area contributed by atoms with Crippen molar-refractivity contribution in [2.24, 2.45) is 0 Å². The van der Waals surface area contributed by atoms with E-state index in [-0.39, 0.29) is 0 Å². The quantitative estimate of drug-likeness (QED) is 0.743. The van der Waals surface area contributed by atoms with E-state index in [4.69, 9.17) is 0 Å². The van der Waals surface area contributed by atoms with Crippen LogP contribution < -0.4 is 5.32 Å². The lowest BCUT2D eigenvalue weighted by atomic mass is 10.4. The number of thiazole rings is 1. The summed E-state index contributed by atoms with van der Waals surface area (Å²) < 4.78 is 0. The molecule has 1 aliphatic carbocycles. The van der Waals surface area contributed by atoms with Gasteiger partial charge in [-0.15, -0.1) is 11.3 Å². The lowest BCUT2D eigenvalue weighted by molar-refractivity contribution is 0.691. The van der Waals surface area contributed by atoms with Crippen LogP contribution in [0.3, 0.4) is 0 Å². The third kappa shape index (κ3) is 1.79. The van der Waals surface area contributed by atoms with Crippen LogP contribution in [-0.2, 0) is 6.54 Å². The predicted molar refractivity (Wildman–Crippen MR) is 46.7 cm³/mol. The molecule has 0 radical (unpaired) electrons. The molecule has 0 aromatic carbocycles. The zero-order valence-electron chi connectivity index (χ0n) is 6.63. The molecule has 11 heavy (non-hydrogen) atoms. The Balaban J connectivity index is 1.89. The predicted octanol–water partition coefficient (Wildman–Crippen LogP) is 1.70. The monoisotopic (exact) mass is 168 g/mol. The van der Waals surface area contributed by atoms with Crippen LogP contribution in [0.5, 0.6) is 0 Å². The number of aryl methyl sites for hydroxylation is 1. The van der Waals surface area contributed by atoms with E-state index >= 15 is 0 Å². The minimum absolute atomic E-state index is 0.802. The van der Waals surface area contributed by atoms with Crippen LogP contribution in [0.2, 0.25) is 0 Å². The highest BCUT2D eigenvalue weighted by molar-refractivity contribution is 7.09. The smallest absolute Gasteiger partial charge is 0.0798 e.